The van der Waals surface area contributed by atoms with Gasteiger partial charge in [-0.05, 0) is 23.4 Å². The van der Waals surface area contributed by atoms with Gasteiger partial charge in [0, 0.05) is 20.0 Å². The van der Waals surface area contributed by atoms with Gasteiger partial charge in [-0.15, -0.1) is 11.3 Å². The van der Waals surface area contributed by atoms with Gasteiger partial charge in [0.15, 0.2) is 0 Å². The van der Waals surface area contributed by atoms with Gasteiger partial charge in [0.1, 0.15) is 0 Å². The molecule has 0 saturated carbocycles. The zero-order valence-electron chi connectivity index (χ0n) is 11.7. The average Bonchev–Trinajstić information content (AvgIpc) is 2.84. The third-order valence-electron chi connectivity index (χ3n) is 2.81. The monoisotopic (exact) mass is 278 g/mol. The Morgan fingerprint density at radius 2 is 2.26 bits per heavy atom. The second-order valence-corrected chi connectivity index (χ2v) is 5.44. The number of carbonyl (C=O) groups excluding carboxylic acids is 1. The lowest BCUT2D eigenvalue weighted by Gasteiger charge is -2.16. The van der Waals surface area contributed by atoms with Gasteiger partial charge in [-0.2, -0.15) is 0 Å². The first kappa shape index (κ1) is 15.7. The zero-order chi connectivity index (χ0) is 14.1. The number of amides is 1. The molecule has 0 aliphatic rings. The molecule has 1 amide bonds. The van der Waals surface area contributed by atoms with Crippen molar-refractivity contribution < 1.29 is 4.79 Å². The van der Waals surface area contributed by atoms with Crippen LogP contribution in [0.15, 0.2) is 11.4 Å². The molecule has 0 radical (unpaired) electrons. The summed E-state index contributed by atoms with van der Waals surface area (Å²) in [6.07, 6.45) is 3.90. The molecule has 0 atom stereocenters. The van der Waals surface area contributed by atoms with Crippen molar-refractivity contribution in [2.24, 2.45) is 5.73 Å². The van der Waals surface area contributed by atoms with Crippen LogP contribution in [0.1, 0.15) is 43.0 Å². The minimum atomic E-state index is 0.217. The lowest BCUT2D eigenvalue weighted by atomic mass is 10.2. The molecule has 1 rings (SSSR count). The second kappa shape index (κ2) is 8.73. The van der Waals surface area contributed by atoms with Crippen LogP contribution in [0.4, 0.5) is 0 Å². The fourth-order valence-electron chi connectivity index (χ4n) is 1.74. The van der Waals surface area contributed by atoms with Crippen LogP contribution in [0.2, 0.25) is 0 Å². The Hall–Kier alpha value is -1.31. The Morgan fingerprint density at radius 1 is 1.47 bits per heavy atom. The Morgan fingerprint density at radius 3 is 2.95 bits per heavy atom. The van der Waals surface area contributed by atoms with E-state index in [4.69, 9.17) is 5.73 Å². The molecule has 0 bridgehead atoms. The van der Waals surface area contributed by atoms with Gasteiger partial charge in [0.05, 0.1) is 11.4 Å². The van der Waals surface area contributed by atoms with E-state index < -0.39 is 0 Å². The third-order valence-corrected chi connectivity index (χ3v) is 3.70. The highest BCUT2D eigenvalue weighted by Crippen LogP contribution is 2.15. The largest absolute Gasteiger partial charge is 0.341 e. The smallest absolute Gasteiger partial charge is 0.222 e. The van der Waals surface area contributed by atoms with E-state index in [2.05, 4.69) is 24.1 Å². The van der Waals surface area contributed by atoms with E-state index in [1.807, 2.05) is 13.1 Å². The minimum absolute atomic E-state index is 0.217. The number of nitrogens with zero attached hydrogens (tertiary/aromatic N) is 1. The summed E-state index contributed by atoms with van der Waals surface area (Å²) in [5, 5.41) is 2.05. The van der Waals surface area contributed by atoms with E-state index in [9.17, 15) is 4.79 Å². The van der Waals surface area contributed by atoms with Crippen molar-refractivity contribution in [1.29, 1.82) is 0 Å². The molecule has 0 unspecified atom stereocenters. The summed E-state index contributed by atoms with van der Waals surface area (Å²) in [5.74, 6) is 6.06. The molecule has 19 heavy (non-hydrogen) atoms. The SMILES string of the molecule is CCCCCC(=O)N(C)Cc1csc(C#CCN)c1. The molecule has 0 aliphatic carbocycles. The molecule has 4 heteroatoms. The predicted molar refractivity (Wildman–Crippen MR) is 80.9 cm³/mol. The highest BCUT2D eigenvalue weighted by Gasteiger charge is 2.09. The highest BCUT2D eigenvalue weighted by atomic mass is 32.1. The van der Waals surface area contributed by atoms with Gasteiger partial charge in [0.2, 0.25) is 5.91 Å². The Balaban J connectivity index is 2.45. The molecule has 0 aliphatic heterocycles. The number of rotatable bonds is 6. The van der Waals surface area contributed by atoms with Gasteiger partial charge in [-0.3, -0.25) is 4.79 Å². The highest BCUT2D eigenvalue weighted by molar-refractivity contribution is 7.10. The predicted octanol–water partition coefficient (Wildman–Crippen LogP) is 2.60. The maximum atomic E-state index is 11.9. The molecule has 1 aromatic heterocycles. The van der Waals surface area contributed by atoms with Crippen molar-refractivity contribution in [3.8, 4) is 11.8 Å². The van der Waals surface area contributed by atoms with Crippen LogP contribution < -0.4 is 5.73 Å². The number of carbonyl (C=O) groups is 1. The van der Waals surface area contributed by atoms with Gasteiger partial charge < -0.3 is 10.6 Å². The maximum absolute atomic E-state index is 11.9. The van der Waals surface area contributed by atoms with Crippen LogP contribution in [-0.2, 0) is 11.3 Å². The van der Waals surface area contributed by atoms with E-state index in [-0.39, 0.29) is 5.91 Å². The summed E-state index contributed by atoms with van der Waals surface area (Å²) in [6, 6.07) is 2.03. The number of unbranched alkanes of at least 4 members (excludes halogenated alkanes) is 2. The van der Waals surface area contributed by atoms with Gasteiger partial charge >= 0.3 is 0 Å². The summed E-state index contributed by atoms with van der Waals surface area (Å²) in [4.78, 5) is 14.7. The first-order valence-electron chi connectivity index (χ1n) is 6.67. The van der Waals surface area contributed by atoms with Crippen LogP contribution in [0.3, 0.4) is 0 Å². The number of thiophene rings is 1. The first-order valence-corrected chi connectivity index (χ1v) is 7.55. The Labute approximate surface area is 119 Å². The zero-order valence-corrected chi connectivity index (χ0v) is 12.6. The van der Waals surface area contributed by atoms with Gasteiger partial charge in [0.25, 0.3) is 0 Å². The molecule has 0 spiro atoms. The van der Waals surface area contributed by atoms with Crippen LogP contribution in [0, 0.1) is 11.8 Å². The van der Waals surface area contributed by atoms with Crippen LogP contribution in [0.5, 0.6) is 0 Å². The van der Waals surface area contributed by atoms with Crippen molar-refractivity contribution in [2.75, 3.05) is 13.6 Å². The lowest BCUT2D eigenvalue weighted by molar-refractivity contribution is -0.130. The summed E-state index contributed by atoms with van der Waals surface area (Å²) in [7, 11) is 1.86. The molecule has 2 N–H and O–H groups in total. The molecule has 0 aromatic carbocycles. The Kier molecular flexibility index (Phi) is 7.24. The fourth-order valence-corrected chi connectivity index (χ4v) is 2.51. The van der Waals surface area contributed by atoms with Crippen molar-refractivity contribution >= 4 is 17.2 Å². The van der Waals surface area contributed by atoms with E-state index in [0.29, 0.717) is 19.5 Å². The summed E-state index contributed by atoms with van der Waals surface area (Å²) < 4.78 is 0. The van der Waals surface area contributed by atoms with Crippen LogP contribution >= 0.6 is 11.3 Å². The molecular weight excluding hydrogens is 256 g/mol. The van der Waals surface area contributed by atoms with Crippen molar-refractivity contribution in [3.05, 3.63) is 21.9 Å². The topological polar surface area (TPSA) is 46.3 Å². The summed E-state index contributed by atoms with van der Waals surface area (Å²) in [6.45, 7) is 3.18. The molecule has 104 valence electrons. The lowest BCUT2D eigenvalue weighted by Crippen LogP contribution is -2.25. The minimum Gasteiger partial charge on any atom is -0.341 e. The molecule has 0 saturated heterocycles. The molecule has 1 heterocycles. The van der Waals surface area contributed by atoms with Gasteiger partial charge in [-0.25, -0.2) is 0 Å². The number of hydrogen-bond donors (Lipinski definition) is 1. The van der Waals surface area contributed by atoms with Crippen molar-refractivity contribution in [3.63, 3.8) is 0 Å². The van der Waals surface area contributed by atoms with E-state index in [0.717, 1.165) is 29.7 Å². The molecule has 1 aromatic rings. The first-order chi connectivity index (χ1) is 9.17. The van der Waals surface area contributed by atoms with E-state index in [1.54, 1.807) is 16.2 Å². The van der Waals surface area contributed by atoms with E-state index >= 15 is 0 Å². The maximum Gasteiger partial charge on any atom is 0.222 e. The molecule has 0 fully saturated rings. The normalized spacial score (nSPS) is 9.84. The van der Waals surface area contributed by atoms with Crippen molar-refractivity contribution in [1.82, 2.24) is 4.90 Å². The summed E-state index contributed by atoms with van der Waals surface area (Å²) in [5.41, 5.74) is 6.48. The number of hydrogen-bond acceptors (Lipinski definition) is 3. The molecular formula is C15H22N2OS. The van der Waals surface area contributed by atoms with Crippen LogP contribution in [0.25, 0.3) is 0 Å². The summed E-state index contributed by atoms with van der Waals surface area (Å²) >= 11 is 1.60. The average molecular weight is 278 g/mol. The standard InChI is InChI=1S/C15H22N2OS/c1-3-4-5-8-15(18)17(2)11-13-10-14(19-12-13)7-6-9-16/h10,12H,3-5,8-9,11,16H2,1-2H3. The van der Waals surface area contributed by atoms with Crippen LogP contribution in [-0.4, -0.2) is 24.4 Å². The van der Waals surface area contributed by atoms with Crippen molar-refractivity contribution in [2.45, 2.75) is 39.2 Å². The van der Waals surface area contributed by atoms with E-state index in [1.165, 1.54) is 0 Å². The van der Waals surface area contributed by atoms with Gasteiger partial charge in [-0.1, -0.05) is 31.6 Å². The quantitative estimate of drug-likeness (QED) is 0.642. The fraction of sp³-hybridized carbons (Fsp3) is 0.533. The third kappa shape index (κ3) is 5.91. The number of nitrogens with two attached hydrogens (primary N) is 1. The Bertz CT molecular complexity index is 456. The molecule has 3 nitrogen and oxygen atoms in total. The second-order valence-electron chi connectivity index (χ2n) is 4.53.